The summed E-state index contributed by atoms with van der Waals surface area (Å²) in [5.41, 5.74) is 0.893. The van der Waals surface area contributed by atoms with Gasteiger partial charge in [-0.2, -0.15) is 0 Å². The highest BCUT2D eigenvalue weighted by atomic mass is 16.6. The molecule has 1 amide bonds. The molecule has 1 aliphatic rings. The molecule has 0 bridgehead atoms. The molecule has 136 valence electrons. The first-order valence-corrected chi connectivity index (χ1v) is 8.65. The van der Waals surface area contributed by atoms with E-state index in [4.69, 9.17) is 9.84 Å². The van der Waals surface area contributed by atoms with Crippen molar-refractivity contribution >= 4 is 18.0 Å². The van der Waals surface area contributed by atoms with Gasteiger partial charge < -0.3 is 9.84 Å². The largest absolute Gasteiger partial charge is 0.481 e. The van der Waals surface area contributed by atoms with Gasteiger partial charge in [0.15, 0.2) is 0 Å². The van der Waals surface area contributed by atoms with E-state index in [1.165, 1.54) is 4.90 Å². The Bertz CT molecular complexity index is 731. The van der Waals surface area contributed by atoms with Gasteiger partial charge in [0.05, 0.1) is 5.92 Å². The Morgan fingerprint density at radius 2 is 1.69 bits per heavy atom. The Hall–Kier alpha value is -2.96. The fourth-order valence-corrected chi connectivity index (χ4v) is 3.18. The van der Waals surface area contributed by atoms with E-state index in [2.05, 4.69) is 9.97 Å². The molecule has 7 nitrogen and oxygen atoms in total. The number of aliphatic carboxylic acids is 1. The van der Waals surface area contributed by atoms with Gasteiger partial charge in [0.1, 0.15) is 6.61 Å². The highest BCUT2D eigenvalue weighted by Crippen LogP contribution is 2.30. The van der Waals surface area contributed by atoms with Crippen LogP contribution in [0.2, 0.25) is 0 Å². The van der Waals surface area contributed by atoms with Gasteiger partial charge in [-0.3, -0.25) is 4.79 Å². The topological polar surface area (TPSA) is 92.6 Å². The molecule has 1 aromatic carbocycles. The minimum atomic E-state index is -0.780. The van der Waals surface area contributed by atoms with Gasteiger partial charge in [-0.1, -0.05) is 30.3 Å². The maximum Gasteiger partial charge on any atom is 0.417 e. The molecular weight excluding hydrogens is 334 g/mol. The van der Waals surface area contributed by atoms with Crippen molar-refractivity contribution in [3.63, 3.8) is 0 Å². The van der Waals surface area contributed by atoms with Crippen LogP contribution in [0.3, 0.4) is 0 Å². The molecule has 2 aromatic rings. The molecular formula is C19H21N3O4. The number of aromatic nitrogens is 2. The Morgan fingerprint density at radius 3 is 2.31 bits per heavy atom. The van der Waals surface area contributed by atoms with E-state index in [9.17, 15) is 9.59 Å². The molecule has 1 fully saturated rings. The number of nitrogens with zero attached hydrogens (tertiary/aromatic N) is 3. The van der Waals surface area contributed by atoms with E-state index in [-0.39, 0.29) is 24.5 Å². The highest BCUT2D eigenvalue weighted by molar-refractivity contribution is 5.86. The zero-order valence-corrected chi connectivity index (χ0v) is 14.3. The normalized spacial score (nSPS) is 19.5. The number of carbonyl (C=O) groups excluding carboxylic acids is 1. The minimum Gasteiger partial charge on any atom is -0.481 e. The van der Waals surface area contributed by atoms with Gasteiger partial charge in [0.2, 0.25) is 5.95 Å². The Balaban J connectivity index is 1.72. The van der Waals surface area contributed by atoms with Crippen LogP contribution in [0.4, 0.5) is 10.7 Å². The van der Waals surface area contributed by atoms with Crippen molar-refractivity contribution in [3.05, 3.63) is 54.4 Å². The molecule has 1 saturated carbocycles. The van der Waals surface area contributed by atoms with Gasteiger partial charge in [-0.25, -0.2) is 19.7 Å². The lowest BCUT2D eigenvalue weighted by atomic mass is 9.85. The minimum absolute atomic E-state index is 0.160. The number of amides is 1. The predicted molar refractivity (Wildman–Crippen MR) is 94.5 cm³/mol. The molecule has 0 atom stereocenters. The highest BCUT2D eigenvalue weighted by Gasteiger charge is 2.34. The van der Waals surface area contributed by atoms with Crippen LogP contribution in [0, 0.1) is 5.92 Å². The van der Waals surface area contributed by atoms with E-state index >= 15 is 0 Å². The summed E-state index contributed by atoms with van der Waals surface area (Å²) >= 11 is 0. The second kappa shape index (κ2) is 8.42. The molecule has 1 N–H and O–H groups in total. The van der Waals surface area contributed by atoms with Gasteiger partial charge in [0, 0.05) is 18.4 Å². The fourth-order valence-electron chi connectivity index (χ4n) is 3.18. The first-order chi connectivity index (χ1) is 12.6. The summed E-state index contributed by atoms with van der Waals surface area (Å²) in [5.74, 6) is -0.855. The summed E-state index contributed by atoms with van der Waals surface area (Å²) in [6.07, 6.45) is 4.83. The number of carbonyl (C=O) groups is 2. The Morgan fingerprint density at radius 1 is 1.04 bits per heavy atom. The van der Waals surface area contributed by atoms with Crippen LogP contribution in [0.25, 0.3) is 0 Å². The van der Waals surface area contributed by atoms with Crippen molar-refractivity contribution in [2.75, 3.05) is 4.90 Å². The van der Waals surface area contributed by atoms with E-state index < -0.39 is 12.1 Å². The first kappa shape index (κ1) is 17.8. The van der Waals surface area contributed by atoms with Crippen LogP contribution in [0.1, 0.15) is 31.2 Å². The molecule has 0 radical (unpaired) electrons. The lowest BCUT2D eigenvalue weighted by Gasteiger charge is -2.33. The van der Waals surface area contributed by atoms with Gasteiger partial charge in [-0.15, -0.1) is 0 Å². The maximum atomic E-state index is 12.7. The molecule has 0 saturated heterocycles. The molecule has 0 spiro atoms. The average molecular weight is 355 g/mol. The third-order valence-electron chi connectivity index (χ3n) is 4.58. The predicted octanol–water partition coefficient (Wildman–Crippen LogP) is 3.26. The van der Waals surface area contributed by atoms with Crippen molar-refractivity contribution in [2.45, 2.75) is 38.3 Å². The van der Waals surface area contributed by atoms with Crippen LogP contribution in [-0.4, -0.2) is 33.2 Å². The molecule has 0 unspecified atom stereocenters. The lowest BCUT2D eigenvalue weighted by Crippen LogP contribution is -2.44. The zero-order chi connectivity index (χ0) is 18.4. The SMILES string of the molecule is O=C(O)C1CCC(N(C(=O)OCc2ccccc2)c2ncccn2)CC1. The third kappa shape index (κ3) is 4.36. The van der Waals surface area contributed by atoms with E-state index in [1.807, 2.05) is 30.3 Å². The second-order valence-electron chi connectivity index (χ2n) is 6.30. The van der Waals surface area contributed by atoms with E-state index in [0.29, 0.717) is 25.7 Å². The van der Waals surface area contributed by atoms with E-state index in [0.717, 1.165) is 5.56 Å². The van der Waals surface area contributed by atoms with Gasteiger partial charge >= 0.3 is 12.1 Å². The molecule has 7 heteroatoms. The summed E-state index contributed by atoms with van der Waals surface area (Å²) in [4.78, 5) is 33.7. The number of rotatable bonds is 5. The number of carboxylic acids is 1. The van der Waals surface area contributed by atoms with E-state index in [1.54, 1.807) is 18.5 Å². The molecule has 1 heterocycles. The number of anilines is 1. The Kier molecular flexibility index (Phi) is 5.78. The van der Waals surface area contributed by atoms with Crippen LogP contribution in [-0.2, 0) is 16.1 Å². The van der Waals surface area contributed by atoms with Crippen molar-refractivity contribution in [1.82, 2.24) is 9.97 Å². The second-order valence-corrected chi connectivity index (χ2v) is 6.30. The standard InChI is InChI=1S/C19H21N3O4/c23-17(24)15-7-9-16(10-8-15)22(18-20-11-4-12-21-18)19(25)26-13-14-5-2-1-3-6-14/h1-6,11-12,15-16H,7-10,13H2,(H,23,24). The summed E-state index contributed by atoms with van der Waals surface area (Å²) < 4.78 is 5.46. The molecule has 3 rings (SSSR count). The molecule has 0 aliphatic heterocycles. The summed E-state index contributed by atoms with van der Waals surface area (Å²) in [7, 11) is 0. The average Bonchev–Trinajstić information content (AvgIpc) is 2.69. The van der Waals surface area contributed by atoms with Crippen LogP contribution < -0.4 is 4.90 Å². The van der Waals surface area contributed by atoms with Crippen LogP contribution in [0.15, 0.2) is 48.8 Å². The van der Waals surface area contributed by atoms with Crippen molar-refractivity contribution < 1.29 is 19.4 Å². The Labute approximate surface area is 151 Å². The smallest absolute Gasteiger partial charge is 0.417 e. The number of hydrogen-bond acceptors (Lipinski definition) is 5. The molecule has 26 heavy (non-hydrogen) atoms. The molecule has 1 aromatic heterocycles. The number of hydrogen-bond donors (Lipinski definition) is 1. The first-order valence-electron chi connectivity index (χ1n) is 8.65. The maximum absolute atomic E-state index is 12.7. The van der Waals surface area contributed by atoms with Crippen LogP contribution in [0.5, 0.6) is 0 Å². The summed E-state index contributed by atoms with van der Waals surface area (Å²) in [6.45, 7) is 0.160. The monoisotopic (exact) mass is 355 g/mol. The lowest BCUT2D eigenvalue weighted by molar-refractivity contribution is -0.142. The fraction of sp³-hybridized carbons (Fsp3) is 0.368. The zero-order valence-electron chi connectivity index (χ0n) is 14.3. The van der Waals surface area contributed by atoms with Crippen LogP contribution >= 0.6 is 0 Å². The van der Waals surface area contributed by atoms with Crippen molar-refractivity contribution in [3.8, 4) is 0 Å². The summed E-state index contributed by atoms with van der Waals surface area (Å²) in [6, 6.07) is 10.9. The molecule has 1 aliphatic carbocycles. The van der Waals surface area contributed by atoms with Gasteiger partial charge in [-0.05, 0) is 37.3 Å². The van der Waals surface area contributed by atoms with Crippen molar-refractivity contribution in [1.29, 1.82) is 0 Å². The quantitative estimate of drug-likeness (QED) is 0.885. The third-order valence-corrected chi connectivity index (χ3v) is 4.58. The number of benzene rings is 1. The number of carboxylic acid groups (broad SMARTS) is 1. The number of ether oxygens (including phenoxy) is 1. The van der Waals surface area contributed by atoms with Gasteiger partial charge in [0.25, 0.3) is 0 Å². The summed E-state index contributed by atoms with van der Waals surface area (Å²) in [5, 5.41) is 9.17. The van der Waals surface area contributed by atoms with Crippen molar-refractivity contribution in [2.24, 2.45) is 5.92 Å².